The van der Waals surface area contributed by atoms with Gasteiger partial charge in [-0.05, 0) is 19.8 Å². The Bertz CT molecular complexity index is 550. The molecule has 2 aliphatic rings. The molecule has 0 radical (unpaired) electrons. The number of carbonyl (C=O) groups excluding carboxylic acids is 3. The molecular formula is C16H26N4O4. The van der Waals surface area contributed by atoms with Crippen molar-refractivity contribution in [3.05, 3.63) is 11.3 Å². The van der Waals surface area contributed by atoms with Crippen LogP contribution in [-0.4, -0.2) is 66.7 Å². The van der Waals surface area contributed by atoms with Gasteiger partial charge in [-0.15, -0.1) is 0 Å². The highest BCUT2D eigenvalue weighted by Crippen LogP contribution is 2.21. The molecule has 0 aliphatic carbocycles. The van der Waals surface area contributed by atoms with E-state index < -0.39 is 0 Å². The van der Waals surface area contributed by atoms with Crippen molar-refractivity contribution < 1.29 is 19.1 Å². The van der Waals surface area contributed by atoms with Gasteiger partial charge in [0.15, 0.2) is 0 Å². The molecule has 0 spiro atoms. The highest BCUT2D eigenvalue weighted by Gasteiger charge is 2.35. The number of ether oxygens (including phenoxy) is 1. The van der Waals surface area contributed by atoms with E-state index in [9.17, 15) is 14.4 Å². The van der Waals surface area contributed by atoms with Crippen molar-refractivity contribution in [3.63, 3.8) is 0 Å². The molecule has 8 nitrogen and oxygen atoms in total. The Hall–Kier alpha value is -2.25. The minimum Gasteiger partial charge on any atom is -0.450 e. The van der Waals surface area contributed by atoms with E-state index >= 15 is 0 Å². The average molecular weight is 338 g/mol. The summed E-state index contributed by atoms with van der Waals surface area (Å²) in [5.41, 5.74) is 1.18. The van der Waals surface area contributed by atoms with Crippen LogP contribution in [-0.2, 0) is 9.53 Å². The molecule has 4 amide bonds. The van der Waals surface area contributed by atoms with E-state index in [0.29, 0.717) is 44.1 Å². The lowest BCUT2D eigenvalue weighted by Crippen LogP contribution is -2.56. The Balaban J connectivity index is 2.07. The Morgan fingerprint density at radius 2 is 1.79 bits per heavy atom. The number of piperazine rings is 1. The van der Waals surface area contributed by atoms with Crippen LogP contribution in [0.4, 0.5) is 9.59 Å². The zero-order valence-electron chi connectivity index (χ0n) is 14.7. The summed E-state index contributed by atoms with van der Waals surface area (Å²) in [5, 5.41) is 5.50. The van der Waals surface area contributed by atoms with Gasteiger partial charge in [-0.3, -0.25) is 4.79 Å². The van der Waals surface area contributed by atoms with E-state index in [1.807, 2.05) is 13.8 Å². The summed E-state index contributed by atoms with van der Waals surface area (Å²) in [6, 6.07) is -0.593. The van der Waals surface area contributed by atoms with Crippen molar-refractivity contribution in [2.75, 3.05) is 32.8 Å². The largest absolute Gasteiger partial charge is 0.450 e. The van der Waals surface area contributed by atoms with Crippen molar-refractivity contribution in [3.8, 4) is 0 Å². The molecule has 8 heteroatoms. The van der Waals surface area contributed by atoms with Gasteiger partial charge in [0.2, 0.25) is 0 Å². The summed E-state index contributed by atoms with van der Waals surface area (Å²) >= 11 is 0. The standard InChI is InChI=1S/C16H26N4O4/c1-5-24-16(23)20-8-6-19(7-9-20)14(21)12-11(4)17-15(22)18-13(12)10(2)3/h10,13H,5-9H2,1-4H3,(H2,17,18,22)/t13-/m0/s1. The molecule has 0 aromatic heterocycles. The van der Waals surface area contributed by atoms with Gasteiger partial charge < -0.3 is 25.2 Å². The molecular weight excluding hydrogens is 312 g/mol. The lowest BCUT2D eigenvalue weighted by atomic mass is 9.92. The van der Waals surface area contributed by atoms with Crippen LogP contribution in [0.1, 0.15) is 27.7 Å². The minimum atomic E-state index is -0.341. The predicted octanol–water partition coefficient (Wildman–Crippen LogP) is 0.899. The second-order valence-electron chi connectivity index (χ2n) is 6.34. The third-order valence-corrected chi connectivity index (χ3v) is 4.29. The first kappa shape index (κ1) is 18.1. The van der Waals surface area contributed by atoms with Gasteiger partial charge in [-0.2, -0.15) is 0 Å². The normalized spacial score (nSPS) is 21.5. The molecule has 0 unspecified atom stereocenters. The van der Waals surface area contributed by atoms with Crippen molar-refractivity contribution in [1.82, 2.24) is 20.4 Å². The second-order valence-corrected chi connectivity index (χ2v) is 6.34. The topological polar surface area (TPSA) is 91.0 Å². The number of urea groups is 1. The van der Waals surface area contributed by atoms with Gasteiger partial charge in [0.05, 0.1) is 18.2 Å². The summed E-state index contributed by atoms with van der Waals surface area (Å²) in [5.74, 6) is 0.00739. The number of nitrogens with zero attached hydrogens (tertiary/aromatic N) is 2. The first-order valence-corrected chi connectivity index (χ1v) is 8.34. The lowest BCUT2D eigenvalue weighted by Gasteiger charge is -2.37. The van der Waals surface area contributed by atoms with E-state index in [4.69, 9.17) is 4.74 Å². The van der Waals surface area contributed by atoms with Crippen molar-refractivity contribution in [2.24, 2.45) is 5.92 Å². The fourth-order valence-corrected chi connectivity index (χ4v) is 2.99. The smallest absolute Gasteiger partial charge is 0.409 e. The molecule has 2 rings (SSSR count). The van der Waals surface area contributed by atoms with Crippen LogP contribution < -0.4 is 10.6 Å². The second kappa shape index (κ2) is 7.55. The van der Waals surface area contributed by atoms with E-state index in [0.717, 1.165) is 0 Å². The SMILES string of the molecule is CCOC(=O)N1CCN(C(=O)C2=C(C)NC(=O)N[C@H]2C(C)C)CC1. The highest BCUT2D eigenvalue weighted by molar-refractivity contribution is 5.98. The number of hydrogen-bond acceptors (Lipinski definition) is 4. The maximum Gasteiger partial charge on any atom is 0.409 e. The van der Waals surface area contributed by atoms with Gasteiger partial charge >= 0.3 is 12.1 Å². The van der Waals surface area contributed by atoms with Gasteiger partial charge in [0.25, 0.3) is 5.91 Å². The number of rotatable bonds is 3. The molecule has 2 N–H and O–H groups in total. The molecule has 2 aliphatic heterocycles. The maximum absolute atomic E-state index is 12.9. The highest BCUT2D eigenvalue weighted by atomic mass is 16.6. The molecule has 0 saturated carbocycles. The maximum atomic E-state index is 12.9. The summed E-state index contributed by atoms with van der Waals surface area (Å²) in [4.78, 5) is 39.7. The van der Waals surface area contributed by atoms with E-state index in [1.54, 1.807) is 23.6 Å². The van der Waals surface area contributed by atoms with Crippen molar-refractivity contribution >= 4 is 18.0 Å². The summed E-state index contributed by atoms with van der Waals surface area (Å²) in [6.07, 6.45) is -0.341. The molecule has 0 bridgehead atoms. The Labute approximate surface area is 142 Å². The number of carbonyl (C=O) groups is 3. The number of amides is 4. The summed E-state index contributed by atoms with van der Waals surface area (Å²) in [6.45, 7) is 9.59. The minimum absolute atomic E-state index is 0.0952. The quantitative estimate of drug-likeness (QED) is 0.800. The van der Waals surface area contributed by atoms with Gasteiger partial charge in [0, 0.05) is 31.9 Å². The Kier molecular flexibility index (Phi) is 5.69. The van der Waals surface area contributed by atoms with Crippen LogP contribution in [0.15, 0.2) is 11.3 Å². The van der Waals surface area contributed by atoms with Crippen LogP contribution in [0.3, 0.4) is 0 Å². The zero-order chi connectivity index (χ0) is 17.9. The fourth-order valence-electron chi connectivity index (χ4n) is 2.99. The number of nitrogens with one attached hydrogen (secondary N) is 2. The molecule has 0 aromatic carbocycles. The Morgan fingerprint density at radius 1 is 1.21 bits per heavy atom. The molecule has 1 atom stereocenters. The zero-order valence-corrected chi connectivity index (χ0v) is 14.7. The third-order valence-electron chi connectivity index (χ3n) is 4.29. The van der Waals surface area contributed by atoms with Crippen molar-refractivity contribution in [1.29, 1.82) is 0 Å². The van der Waals surface area contributed by atoms with Crippen LogP contribution in [0, 0.1) is 5.92 Å². The fraction of sp³-hybridized carbons (Fsp3) is 0.688. The van der Waals surface area contributed by atoms with Crippen LogP contribution in [0.25, 0.3) is 0 Å². The molecule has 0 aromatic rings. The van der Waals surface area contributed by atoms with Crippen LogP contribution in [0.5, 0.6) is 0 Å². The number of allylic oxidation sites excluding steroid dienone is 1. The van der Waals surface area contributed by atoms with Crippen LogP contribution >= 0.6 is 0 Å². The summed E-state index contributed by atoms with van der Waals surface area (Å²) < 4.78 is 4.99. The summed E-state index contributed by atoms with van der Waals surface area (Å²) in [7, 11) is 0. The molecule has 1 saturated heterocycles. The van der Waals surface area contributed by atoms with Gasteiger partial charge in [-0.1, -0.05) is 13.8 Å². The molecule has 134 valence electrons. The monoisotopic (exact) mass is 338 g/mol. The van der Waals surface area contributed by atoms with Crippen molar-refractivity contribution in [2.45, 2.75) is 33.7 Å². The lowest BCUT2D eigenvalue weighted by molar-refractivity contribution is -0.129. The van der Waals surface area contributed by atoms with Gasteiger partial charge in [0.1, 0.15) is 0 Å². The molecule has 2 heterocycles. The van der Waals surface area contributed by atoms with E-state index in [1.165, 1.54) is 0 Å². The van der Waals surface area contributed by atoms with E-state index in [2.05, 4.69) is 10.6 Å². The first-order valence-electron chi connectivity index (χ1n) is 8.34. The average Bonchev–Trinajstić information content (AvgIpc) is 2.54. The van der Waals surface area contributed by atoms with Gasteiger partial charge in [-0.25, -0.2) is 9.59 Å². The molecule has 1 fully saturated rings. The number of hydrogen-bond donors (Lipinski definition) is 2. The Morgan fingerprint density at radius 3 is 2.33 bits per heavy atom. The van der Waals surface area contributed by atoms with Crippen LogP contribution in [0.2, 0.25) is 0 Å². The third kappa shape index (κ3) is 3.80. The predicted molar refractivity (Wildman–Crippen MR) is 88.2 cm³/mol. The van der Waals surface area contributed by atoms with E-state index in [-0.39, 0.29) is 30.0 Å². The first-order chi connectivity index (χ1) is 11.3. The molecule has 24 heavy (non-hydrogen) atoms.